The molecule has 78 valence electrons. The quantitative estimate of drug-likeness (QED) is 0.727. The molecule has 1 fully saturated rings. The number of hydrogen-bond acceptors (Lipinski definition) is 2. The molecule has 0 aliphatic carbocycles. The summed E-state index contributed by atoms with van der Waals surface area (Å²) in [5, 5.41) is 0. The first-order valence-electron chi connectivity index (χ1n) is 5.58. The van der Waals surface area contributed by atoms with E-state index in [4.69, 9.17) is 5.73 Å². The summed E-state index contributed by atoms with van der Waals surface area (Å²) in [6.07, 6.45) is 4.92. The minimum Gasteiger partial charge on any atom is -0.325 e. The molecule has 0 bridgehead atoms. The molecule has 2 heteroatoms. The molecule has 1 rings (SSSR count). The number of nitrogens with zero attached hydrogens (tertiary/aromatic N) is 1. The lowest BCUT2D eigenvalue weighted by atomic mass is 9.90. The second-order valence-electron chi connectivity index (χ2n) is 4.83. The maximum Gasteiger partial charge on any atom is 0.0150 e. The van der Waals surface area contributed by atoms with Crippen LogP contribution in [0.15, 0.2) is 0 Å². The average molecular weight is 184 g/mol. The van der Waals surface area contributed by atoms with Gasteiger partial charge >= 0.3 is 0 Å². The van der Waals surface area contributed by atoms with Gasteiger partial charge in [-0.25, -0.2) is 0 Å². The van der Waals surface area contributed by atoms with Crippen molar-refractivity contribution in [2.45, 2.75) is 58.0 Å². The van der Waals surface area contributed by atoms with Crippen LogP contribution in [0.1, 0.15) is 46.5 Å². The Morgan fingerprint density at radius 1 is 1.38 bits per heavy atom. The average Bonchev–Trinajstić information content (AvgIpc) is 2.04. The Kier molecular flexibility index (Phi) is 3.74. The van der Waals surface area contributed by atoms with Crippen LogP contribution >= 0.6 is 0 Å². The molecule has 13 heavy (non-hydrogen) atoms. The van der Waals surface area contributed by atoms with E-state index in [1.807, 2.05) is 0 Å². The molecule has 1 aliphatic rings. The van der Waals surface area contributed by atoms with Crippen molar-refractivity contribution in [3.05, 3.63) is 0 Å². The molecule has 0 spiro atoms. The lowest BCUT2D eigenvalue weighted by Crippen LogP contribution is -2.50. The smallest absolute Gasteiger partial charge is 0.0150 e. The first-order valence-corrected chi connectivity index (χ1v) is 5.58. The Labute approximate surface area is 82.5 Å². The summed E-state index contributed by atoms with van der Waals surface area (Å²) in [6, 6.07) is 0.751. The minimum atomic E-state index is 0.0996. The number of nitrogens with two attached hydrogens (primary N) is 1. The molecular weight excluding hydrogens is 160 g/mol. The van der Waals surface area contributed by atoms with Crippen molar-refractivity contribution in [2.24, 2.45) is 5.73 Å². The van der Waals surface area contributed by atoms with Gasteiger partial charge in [-0.1, -0.05) is 13.3 Å². The van der Waals surface area contributed by atoms with Crippen molar-refractivity contribution >= 4 is 0 Å². The van der Waals surface area contributed by atoms with Gasteiger partial charge in [0.2, 0.25) is 0 Å². The fraction of sp³-hybridized carbons (Fsp3) is 1.00. The second kappa shape index (κ2) is 4.43. The van der Waals surface area contributed by atoms with E-state index in [9.17, 15) is 0 Å². The highest BCUT2D eigenvalue weighted by Gasteiger charge is 2.27. The lowest BCUT2D eigenvalue weighted by Gasteiger charge is -2.39. The SMILES string of the molecule is CCCC(C)N1CCC(C)(N)CC1. The first-order chi connectivity index (χ1) is 6.05. The fourth-order valence-electron chi connectivity index (χ4n) is 2.08. The Balaban J connectivity index is 2.32. The van der Waals surface area contributed by atoms with Gasteiger partial charge in [-0.2, -0.15) is 0 Å². The molecule has 2 nitrogen and oxygen atoms in total. The molecule has 0 aromatic heterocycles. The summed E-state index contributed by atoms with van der Waals surface area (Å²) in [5.41, 5.74) is 6.19. The molecule has 0 aromatic carbocycles. The van der Waals surface area contributed by atoms with Crippen molar-refractivity contribution in [3.63, 3.8) is 0 Å². The number of hydrogen-bond donors (Lipinski definition) is 1. The van der Waals surface area contributed by atoms with Gasteiger partial charge in [-0.05, 0) is 33.1 Å². The summed E-state index contributed by atoms with van der Waals surface area (Å²) in [6.45, 7) is 9.15. The molecule has 1 aliphatic heterocycles. The molecule has 0 amide bonds. The van der Waals surface area contributed by atoms with Gasteiger partial charge in [0.15, 0.2) is 0 Å². The van der Waals surface area contributed by atoms with Crippen LogP contribution in [0.25, 0.3) is 0 Å². The highest BCUT2D eigenvalue weighted by Crippen LogP contribution is 2.21. The van der Waals surface area contributed by atoms with E-state index in [2.05, 4.69) is 25.7 Å². The summed E-state index contributed by atoms with van der Waals surface area (Å²) >= 11 is 0. The monoisotopic (exact) mass is 184 g/mol. The van der Waals surface area contributed by atoms with Gasteiger partial charge in [0.05, 0.1) is 0 Å². The van der Waals surface area contributed by atoms with E-state index in [1.54, 1.807) is 0 Å². The zero-order valence-electron chi connectivity index (χ0n) is 9.34. The van der Waals surface area contributed by atoms with Crippen molar-refractivity contribution in [1.82, 2.24) is 4.90 Å². The van der Waals surface area contributed by atoms with E-state index >= 15 is 0 Å². The van der Waals surface area contributed by atoms with E-state index in [1.165, 1.54) is 25.9 Å². The van der Waals surface area contributed by atoms with Gasteiger partial charge in [-0.15, -0.1) is 0 Å². The molecule has 0 aromatic rings. The maximum atomic E-state index is 6.09. The van der Waals surface area contributed by atoms with Gasteiger partial charge in [-0.3, -0.25) is 0 Å². The predicted octanol–water partition coefficient (Wildman–Crippen LogP) is 1.99. The van der Waals surface area contributed by atoms with Crippen molar-refractivity contribution < 1.29 is 0 Å². The molecule has 2 N–H and O–H groups in total. The number of rotatable bonds is 3. The van der Waals surface area contributed by atoms with Gasteiger partial charge in [0, 0.05) is 24.7 Å². The molecule has 1 atom stereocenters. The fourth-order valence-corrected chi connectivity index (χ4v) is 2.08. The Bertz CT molecular complexity index is 144. The van der Waals surface area contributed by atoms with Gasteiger partial charge < -0.3 is 10.6 Å². The molecule has 1 unspecified atom stereocenters. The third-order valence-electron chi connectivity index (χ3n) is 3.27. The topological polar surface area (TPSA) is 29.3 Å². The molecule has 0 saturated carbocycles. The highest BCUT2D eigenvalue weighted by molar-refractivity contribution is 4.87. The zero-order valence-corrected chi connectivity index (χ0v) is 9.34. The normalized spacial score (nSPS) is 25.8. The summed E-state index contributed by atoms with van der Waals surface area (Å²) in [4.78, 5) is 2.58. The number of likely N-dealkylation sites (tertiary alicyclic amines) is 1. The van der Waals surface area contributed by atoms with Crippen LogP contribution in [0.5, 0.6) is 0 Å². The van der Waals surface area contributed by atoms with Gasteiger partial charge in [0.1, 0.15) is 0 Å². The maximum absolute atomic E-state index is 6.09. The van der Waals surface area contributed by atoms with Crippen LogP contribution in [0.4, 0.5) is 0 Å². The Morgan fingerprint density at radius 3 is 2.38 bits per heavy atom. The van der Waals surface area contributed by atoms with Crippen LogP contribution in [0, 0.1) is 0 Å². The lowest BCUT2D eigenvalue weighted by molar-refractivity contribution is 0.126. The molecule has 0 radical (unpaired) electrons. The Hall–Kier alpha value is -0.0800. The van der Waals surface area contributed by atoms with E-state index in [0.29, 0.717) is 0 Å². The molecule has 1 saturated heterocycles. The van der Waals surface area contributed by atoms with Crippen molar-refractivity contribution in [3.8, 4) is 0 Å². The van der Waals surface area contributed by atoms with Crippen LogP contribution < -0.4 is 5.73 Å². The standard InChI is InChI=1S/C11H24N2/c1-4-5-10(2)13-8-6-11(3,12)7-9-13/h10H,4-9,12H2,1-3H3. The zero-order chi connectivity index (χ0) is 9.90. The third-order valence-corrected chi connectivity index (χ3v) is 3.27. The molecule has 1 heterocycles. The first kappa shape index (κ1) is 11.0. The molecular formula is C11H24N2. The van der Waals surface area contributed by atoms with E-state index in [-0.39, 0.29) is 5.54 Å². The van der Waals surface area contributed by atoms with Crippen LogP contribution in [0.2, 0.25) is 0 Å². The minimum absolute atomic E-state index is 0.0996. The van der Waals surface area contributed by atoms with Gasteiger partial charge in [0.25, 0.3) is 0 Å². The summed E-state index contributed by atoms with van der Waals surface area (Å²) in [5.74, 6) is 0. The highest BCUT2D eigenvalue weighted by atomic mass is 15.2. The largest absolute Gasteiger partial charge is 0.325 e. The van der Waals surface area contributed by atoms with Crippen LogP contribution in [-0.4, -0.2) is 29.6 Å². The second-order valence-corrected chi connectivity index (χ2v) is 4.83. The predicted molar refractivity (Wildman–Crippen MR) is 57.8 cm³/mol. The van der Waals surface area contributed by atoms with Crippen molar-refractivity contribution in [1.29, 1.82) is 0 Å². The van der Waals surface area contributed by atoms with E-state index in [0.717, 1.165) is 18.9 Å². The van der Waals surface area contributed by atoms with Crippen LogP contribution in [0.3, 0.4) is 0 Å². The summed E-state index contributed by atoms with van der Waals surface area (Å²) < 4.78 is 0. The third kappa shape index (κ3) is 3.28. The van der Waals surface area contributed by atoms with Crippen molar-refractivity contribution in [2.75, 3.05) is 13.1 Å². The Morgan fingerprint density at radius 2 is 1.92 bits per heavy atom. The van der Waals surface area contributed by atoms with E-state index < -0.39 is 0 Å². The summed E-state index contributed by atoms with van der Waals surface area (Å²) in [7, 11) is 0. The van der Waals surface area contributed by atoms with Crippen LogP contribution in [-0.2, 0) is 0 Å². The number of piperidine rings is 1.